The van der Waals surface area contributed by atoms with Gasteiger partial charge in [0, 0.05) is 16.3 Å². The van der Waals surface area contributed by atoms with Crippen molar-refractivity contribution in [2.75, 3.05) is 12.4 Å². The standard InChI is InChI=1S/C18H20ClN3O3/c1-10-7-17(23)13(8-14(10)19)15-9-16(22-21-15)18(24)20-11-3-5-12(25-2)6-4-11/h3-8,15-16,21-23H,9H2,1-2H3,(H,20,24). The van der Waals surface area contributed by atoms with Crippen LogP contribution >= 0.6 is 11.6 Å². The number of ether oxygens (including phenoxy) is 1. The number of aromatic hydroxyl groups is 1. The van der Waals surface area contributed by atoms with Crippen LogP contribution in [0.2, 0.25) is 5.02 Å². The Balaban J connectivity index is 1.65. The van der Waals surface area contributed by atoms with Crippen LogP contribution in [0.25, 0.3) is 0 Å². The Morgan fingerprint density at radius 2 is 2.00 bits per heavy atom. The lowest BCUT2D eigenvalue weighted by Gasteiger charge is -2.13. The molecule has 3 rings (SSSR count). The predicted molar refractivity (Wildman–Crippen MR) is 96.9 cm³/mol. The quantitative estimate of drug-likeness (QED) is 0.673. The summed E-state index contributed by atoms with van der Waals surface area (Å²) >= 11 is 6.15. The van der Waals surface area contributed by atoms with E-state index in [1.54, 1.807) is 43.5 Å². The molecule has 6 nitrogen and oxygen atoms in total. The number of rotatable bonds is 4. The second-order valence-corrected chi connectivity index (χ2v) is 6.41. The number of phenolic OH excluding ortho intramolecular Hbond substituents is 1. The highest BCUT2D eigenvalue weighted by Gasteiger charge is 2.31. The Morgan fingerprint density at radius 3 is 2.68 bits per heavy atom. The number of methoxy groups -OCH3 is 1. The lowest BCUT2D eigenvalue weighted by molar-refractivity contribution is -0.117. The topological polar surface area (TPSA) is 82.6 Å². The van der Waals surface area contributed by atoms with Gasteiger partial charge in [0.1, 0.15) is 17.5 Å². The van der Waals surface area contributed by atoms with E-state index in [2.05, 4.69) is 16.2 Å². The minimum Gasteiger partial charge on any atom is -0.508 e. The lowest BCUT2D eigenvalue weighted by Crippen LogP contribution is -2.39. The molecule has 1 saturated heterocycles. The van der Waals surface area contributed by atoms with E-state index in [0.717, 1.165) is 11.3 Å². The van der Waals surface area contributed by atoms with Gasteiger partial charge in [-0.1, -0.05) is 11.6 Å². The van der Waals surface area contributed by atoms with E-state index in [0.29, 0.717) is 22.7 Å². The number of phenols is 1. The second-order valence-electron chi connectivity index (χ2n) is 6.01. The largest absolute Gasteiger partial charge is 0.508 e. The van der Waals surface area contributed by atoms with Crippen molar-refractivity contribution in [3.05, 3.63) is 52.5 Å². The Bertz CT molecular complexity index is 780. The average molecular weight is 362 g/mol. The third kappa shape index (κ3) is 3.87. The number of benzene rings is 2. The van der Waals surface area contributed by atoms with Crippen LogP contribution < -0.4 is 20.9 Å². The second kappa shape index (κ2) is 7.31. The van der Waals surface area contributed by atoms with Gasteiger partial charge in [0.2, 0.25) is 5.91 Å². The molecular formula is C18H20ClN3O3. The predicted octanol–water partition coefficient (Wildman–Crippen LogP) is 2.91. The van der Waals surface area contributed by atoms with Crippen LogP contribution in [-0.2, 0) is 4.79 Å². The summed E-state index contributed by atoms with van der Waals surface area (Å²) in [5.41, 5.74) is 8.18. The Kier molecular flexibility index (Phi) is 5.13. The molecule has 1 fully saturated rings. The van der Waals surface area contributed by atoms with Crippen molar-refractivity contribution in [2.24, 2.45) is 0 Å². The van der Waals surface area contributed by atoms with Crippen LogP contribution in [0.4, 0.5) is 5.69 Å². The molecule has 7 heteroatoms. The van der Waals surface area contributed by atoms with E-state index in [1.807, 2.05) is 6.92 Å². The van der Waals surface area contributed by atoms with Crippen molar-refractivity contribution in [3.8, 4) is 11.5 Å². The number of hydrazine groups is 1. The molecular weight excluding hydrogens is 342 g/mol. The van der Waals surface area contributed by atoms with E-state index in [-0.39, 0.29) is 17.7 Å². The summed E-state index contributed by atoms with van der Waals surface area (Å²) in [6, 6.07) is 9.86. The molecule has 0 radical (unpaired) electrons. The van der Waals surface area contributed by atoms with Gasteiger partial charge in [-0.25, -0.2) is 10.9 Å². The number of anilines is 1. The fraction of sp³-hybridized carbons (Fsp3) is 0.278. The van der Waals surface area contributed by atoms with Crippen LogP contribution in [0.1, 0.15) is 23.6 Å². The van der Waals surface area contributed by atoms with Gasteiger partial charge in [-0.05, 0) is 55.3 Å². The number of nitrogens with one attached hydrogen (secondary N) is 3. The van der Waals surface area contributed by atoms with E-state index in [4.69, 9.17) is 16.3 Å². The van der Waals surface area contributed by atoms with E-state index >= 15 is 0 Å². The molecule has 1 aliphatic heterocycles. The molecule has 2 unspecified atom stereocenters. The maximum atomic E-state index is 12.4. The molecule has 0 spiro atoms. The first-order valence-electron chi connectivity index (χ1n) is 7.93. The molecule has 0 saturated carbocycles. The van der Waals surface area contributed by atoms with Crippen LogP contribution in [0.5, 0.6) is 11.5 Å². The first-order valence-corrected chi connectivity index (χ1v) is 8.30. The molecule has 25 heavy (non-hydrogen) atoms. The van der Waals surface area contributed by atoms with Gasteiger partial charge in [-0.3, -0.25) is 4.79 Å². The maximum absolute atomic E-state index is 12.4. The number of hydrogen-bond acceptors (Lipinski definition) is 5. The molecule has 0 aliphatic carbocycles. The van der Waals surface area contributed by atoms with Crippen molar-refractivity contribution in [3.63, 3.8) is 0 Å². The Morgan fingerprint density at radius 1 is 1.28 bits per heavy atom. The maximum Gasteiger partial charge on any atom is 0.242 e. The van der Waals surface area contributed by atoms with E-state index in [1.165, 1.54) is 0 Å². The van der Waals surface area contributed by atoms with Gasteiger partial charge in [-0.2, -0.15) is 0 Å². The van der Waals surface area contributed by atoms with Crippen molar-refractivity contribution < 1.29 is 14.6 Å². The molecule has 2 aromatic carbocycles. The van der Waals surface area contributed by atoms with Crippen molar-refractivity contribution >= 4 is 23.2 Å². The third-order valence-corrected chi connectivity index (χ3v) is 4.67. The highest BCUT2D eigenvalue weighted by Crippen LogP contribution is 2.33. The number of carbonyl (C=O) groups excluding carboxylic acids is 1. The fourth-order valence-electron chi connectivity index (χ4n) is 2.80. The summed E-state index contributed by atoms with van der Waals surface area (Å²) in [6.45, 7) is 1.83. The summed E-state index contributed by atoms with van der Waals surface area (Å²) < 4.78 is 5.10. The molecule has 1 heterocycles. The zero-order chi connectivity index (χ0) is 18.0. The fourth-order valence-corrected chi connectivity index (χ4v) is 2.97. The van der Waals surface area contributed by atoms with Crippen LogP contribution in [-0.4, -0.2) is 24.2 Å². The summed E-state index contributed by atoms with van der Waals surface area (Å²) in [5, 5.41) is 13.6. The Labute approximate surface area is 151 Å². The first-order chi connectivity index (χ1) is 12.0. The van der Waals surface area contributed by atoms with Gasteiger partial charge in [-0.15, -0.1) is 0 Å². The number of carbonyl (C=O) groups is 1. The minimum absolute atomic E-state index is 0.155. The van der Waals surface area contributed by atoms with Crippen LogP contribution in [0.3, 0.4) is 0 Å². The zero-order valence-electron chi connectivity index (χ0n) is 14.0. The van der Waals surface area contributed by atoms with Gasteiger partial charge >= 0.3 is 0 Å². The molecule has 1 amide bonds. The molecule has 2 atom stereocenters. The van der Waals surface area contributed by atoms with Gasteiger partial charge < -0.3 is 15.2 Å². The van der Waals surface area contributed by atoms with Gasteiger partial charge in [0.05, 0.1) is 13.2 Å². The molecule has 1 aliphatic rings. The highest BCUT2D eigenvalue weighted by molar-refractivity contribution is 6.31. The summed E-state index contributed by atoms with van der Waals surface area (Å²) in [7, 11) is 1.59. The number of amides is 1. The number of halogens is 1. The number of hydrogen-bond donors (Lipinski definition) is 4. The van der Waals surface area contributed by atoms with Gasteiger partial charge in [0.25, 0.3) is 0 Å². The van der Waals surface area contributed by atoms with Gasteiger partial charge in [0.15, 0.2) is 0 Å². The average Bonchev–Trinajstić information content (AvgIpc) is 3.09. The van der Waals surface area contributed by atoms with Crippen LogP contribution in [0, 0.1) is 6.92 Å². The molecule has 2 aromatic rings. The Hall–Kier alpha value is -2.28. The smallest absolute Gasteiger partial charge is 0.242 e. The summed E-state index contributed by atoms with van der Waals surface area (Å²) in [5.74, 6) is 0.737. The monoisotopic (exact) mass is 361 g/mol. The number of aryl methyl sites for hydroxylation is 1. The molecule has 0 aromatic heterocycles. The van der Waals surface area contributed by atoms with Crippen molar-refractivity contribution in [1.82, 2.24) is 10.9 Å². The first kappa shape index (κ1) is 17.5. The molecule has 132 valence electrons. The summed E-state index contributed by atoms with van der Waals surface area (Å²) in [4.78, 5) is 12.4. The molecule has 0 bridgehead atoms. The zero-order valence-corrected chi connectivity index (χ0v) is 14.7. The normalized spacial score (nSPS) is 19.6. The van der Waals surface area contributed by atoms with E-state index in [9.17, 15) is 9.90 Å². The van der Waals surface area contributed by atoms with Crippen molar-refractivity contribution in [1.29, 1.82) is 0 Å². The minimum atomic E-state index is -0.424. The SMILES string of the molecule is COc1ccc(NC(=O)C2CC(c3cc(Cl)c(C)cc3O)NN2)cc1. The summed E-state index contributed by atoms with van der Waals surface area (Å²) in [6.07, 6.45) is 0.495. The van der Waals surface area contributed by atoms with Crippen LogP contribution in [0.15, 0.2) is 36.4 Å². The van der Waals surface area contributed by atoms with Crippen molar-refractivity contribution in [2.45, 2.75) is 25.4 Å². The molecule has 4 N–H and O–H groups in total. The third-order valence-electron chi connectivity index (χ3n) is 4.26. The highest BCUT2D eigenvalue weighted by atomic mass is 35.5. The van der Waals surface area contributed by atoms with E-state index < -0.39 is 6.04 Å². The lowest BCUT2D eigenvalue weighted by atomic mass is 9.99.